The van der Waals surface area contributed by atoms with Crippen molar-refractivity contribution in [2.75, 3.05) is 20.3 Å². The Bertz CT molecular complexity index is 79.0. The van der Waals surface area contributed by atoms with Gasteiger partial charge in [-0.05, 0) is 0 Å². The van der Waals surface area contributed by atoms with Crippen LogP contribution < -0.4 is 0 Å². The van der Waals surface area contributed by atoms with Gasteiger partial charge < -0.3 is 9.47 Å². The largest absolute Gasteiger partial charge is 0.496 e. The lowest BCUT2D eigenvalue weighted by molar-refractivity contribution is 0.107. The van der Waals surface area contributed by atoms with Gasteiger partial charge in [0.2, 0.25) is 0 Å². The van der Waals surface area contributed by atoms with Gasteiger partial charge in [0.25, 0.3) is 0 Å². The molecule has 0 aliphatic heterocycles. The van der Waals surface area contributed by atoms with Gasteiger partial charge in [-0.3, -0.25) is 0 Å². The zero-order chi connectivity index (χ0) is 7.11. The molecular formula is C7H14O2. The van der Waals surface area contributed by atoms with Crippen LogP contribution in [-0.4, -0.2) is 20.3 Å². The van der Waals surface area contributed by atoms with Crippen LogP contribution in [0.5, 0.6) is 0 Å². The zero-order valence-electron chi connectivity index (χ0n) is 6.14. The van der Waals surface area contributed by atoms with Gasteiger partial charge in [-0.1, -0.05) is 13.5 Å². The summed E-state index contributed by atoms with van der Waals surface area (Å²) in [6, 6.07) is 0. The Labute approximate surface area is 56.5 Å². The molecule has 0 aromatic carbocycles. The lowest BCUT2D eigenvalue weighted by Crippen LogP contribution is -2.00. The molecule has 0 saturated carbocycles. The average molecular weight is 130 g/mol. The fourth-order valence-electron chi connectivity index (χ4n) is 0.371. The van der Waals surface area contributed by atoms with E-state index in [1.807, 2.05) is 6.92 Å². The van der Waals surface area contributed by atoms with E-state index < -0.39 is 0 Å². The van der Waals surface area contributed by atoms with Crippen LogP contribution in [0, 0.1) is 0 Å². The predicted octanol–water partition coefficient (Wildman–Crippen LogP) is 1.57. The van der Waals surface area contributed by atoms with E-state index in [-0.39, 0.29) is 0 Å². The van der Waals surface area contributed by atoms with Gasteiger partial charge in [-0.15, -0.1) is 0 Å². The van der Waals surface area contributed by atoms with E-state index in [0.29, 0.717) is 13.2 Å². The highest BCUT2D eigenvalue weighted by Gasteiger charge is 1.87. The first kappa shape index (κ1) is 8.50. The molecule has 0 heterocycles. The Morgan fingerprint density at radius 3 is 2.56 bits per heavy atom. The Morgan fingerprint density at radius 1 is 1.44 bits per heavy atom. The molecule has 0 N–H and O–H groups in total. The molecular weight excluding hydrogens is 116 g/mol. The number of hydrogen-bond acceptors (Lipinski definition) is 2. The molecule has 0 atom stereocenters. The van der Waals surface area contributed by atoms with E-state index in [9.17, 15) is 0 Å². The van der Waals surface area contributed by atoms with Crippen LogP contribution in [0.25, 0.3) is 0 Å². The minimum Gasteiger partial charge on any atom is -0.496 e. The highest BCUT2D eigenvalue weighted by Crippen LogP contribution is 1.96. The molecule has 0 saturated heterocycles. The normalized spacial score (nSPS) is 9.11. The maximum atomic E-state index is 5.11. The van der Waals surface area contributed by atoms with Crippen molar-refractivity contribution in [2.45, 2.75) is 13.3 Å². The van der Waals surface area contributed by atoms with E-state index in [1.165, 1.54) is 0 Å². The molecule has 2 heteroatoms. The third-order valence-corrected chi connectivity index (χ3v) is 0.988. The summed E-state index contributed by atoms with van der Waals surface area (Å²) in [5.74, 6) is 0.826. The number of hydrogen-bond donors (Lipinski definition) is 0. The van der Waals surface area contributed by atoms with Crippen LogP contribution in [0.3, 0.4) is 0 Å². The van der Waals surface area contributed by atoms with E-state index in [1.54, 1.807) is 7.11 Å². The fourth-order valence-corrected chi connectivity index (χ4v) is 0.371. The summed E-state index contributed by atoms with van der Waals surface area (Å²) >= 11 is 0. The van der Waals surface area contributed by atoms with Crippen LogP contribution in [0.4, 0.5) is 0 Å². The Morgan fingerprint density at radius 2 is 2.11 bits per heavy atom. The summed E-state index contributed by atoms with van der Waals surface area (Å²) in [5, 5.41) is 0. The van der Waals surface area contributed by atoms with Crippen molar-refractivity contribution in [3.05, 3.63) is 12.3 Å². The summed E-state index contributed by atoms with van der Waals surface area (Å²) in [6.07, 6.45) is 0.879. The molecule has 0 amide bonds. The lowest BCUT2D eigenvalue weighted by Gasteiger charge is -2.04. The number of rotatable bonds is 5. The van der Waals surface area contributed by atoms with Crippen LogP contribution in [0.2, 0.25) is 0 Å². The molecule has 0 spiro atoms. The second-order valence-electron chi connectivity index (χ2n) is 1.73. The summed E-state index contributed by atoms with van der Waals surface area (Å²) in [5.41, 5.74) is 0. The maximum Gasteiger partial charge on any atom is 0.111 e. The van der Waals surface area contributed by atoms with Crippen molar-refractivity contribution in [2.24, 2.45) is 0 Å². The minimum atomic E-state index is 0.614. The highest BCUT2D eigenvalue weighted by molar-refractivity contribution is 4.79. The van der Waals surface area contributed by atoms with Crippen molar-refractivity contribution in [3.8, 4) is 0 Å². The summed E-state index contributed by atoms with van der Waals surface area (Å²) in [4.78, 5) is 0. The van der Waals surface area contributed by atoms with Gasteiger partial charge in [0.05, 0.1) is 12.4 Å². The SMILES string of the molecule is C=C(CC)OCCOC. The van der Waals surface area contributed by atoms with Crippen molar-refractivity contribution in [3.63, 3.8) is 0 Å². The van der Waals surface area contributed by atoms with Crippen molar-refractivity contribution in [1.29, 1.82) is 0 Å². The fraction of sp³-hybridized carbons (Fsp3) is 0.714. The number of methoxy groups -OCH3 is 1. The van der Waals surface area contributed by atoms with Crippen LogP contribution >= 0.6 is 0 Å². The van der Waals surface area contributed by atoms with E-state index in [0.717, 1.165) is 12.2 Å². The summed E-state index contributed by atoms with van der Waals surface area (Å²) < 4.78 is 9.88. The van der Waals surface area contributed by atoms with Crippen LogP contribution in [0.1, 0.15) is 13.3 Å². The Kier molecular flexibility index (Phi) is 5.32. The maximum absolute atomic E-state index is 5.11. The molecule has 54 valence electrons. The number of allylic oxidation sites excluding steroid dienone is 1. The van der Waals surface area contributed by atoms with Crippen molar-refractivity contribution in [1.82, 2.24) is 0 Å². The molecule has 0 aromatic heterocycles. The van der Waals surface area contributed by atoms with Crippen LogP contribution in [-0.2, 0) is 9.47 Å². The molecule has 0 bridgehead atoms. The topological polar surface area (TPSA) is 18.5 Å². The molecule has 2 nitrogen and oxygen atoms in total. The molecule has 0 aliphatic carbocycles. The Balaban J connectivity index is 2.97. The zero-order valence-corrected chi connectivity index (χ0v) is 6.14. The third kappa shape index (κ3) is 5.37. The molecule has 0 radical (unpaired) electrons. The molecule has 0 unspecified atom stereocenters. The smallest absolute Gasteiger partial charge is 0.111 e. The van der Waals surface area contributed by atoms with Crippen LogP contribution in [0.15, 0.2) is 12.3 Å². The minimum absolute atomic E-state index is 0.614. The standard InChI is InChI=1S/C7H14O2/c1-4-7(2)9-6-5-8-3/h2,4-6H2,1,3H3. The van der Waals surface area contributed by atoms with Gasteiger partial charge in [-0.25, -0.2) is 0 Å². The van der Waals surface area contributed by atoms with Gasteiger partial charge >= 0.3 is 0 Å². The Hall–Kier alpha value is -0.500. The molecule has 0 aromatic rings. The molecule has 9 heavy (non-hydrogen) atoms. The quantitative estimate of drug-likeness (QED) is 0.415. The van der Waals surface area contributed by atoms with Gasteiger partial charge in [0, 0.05) is 13.5 Å². The average Bonchev–Trinajstić information content (AvgIpc) is 1.89. The first-order valence-electron chi connectivity index (χ1n) is 3.10. The first-order valence-corrected chi connectivity index (χ1v) is 3.10. The van der Waals surface area contributed by atoms with E-state index in [4.69, 9.17) is 9.47 Å². The van der Waals surface area contributed by atoms with E-state index in [2.05, 4.69) is 6.58 Å². The molecule has 0 rings (SSSR count). The van der Waals surface area contributed by atoms with Crippen molar-refractivity contribution >= 4 is 0 Å². The van der Waals surface area contributed by atoms with Gasteiger partial charge in [0.15, 0.2) is 0 Å². The van der Waals surface area contributed by atoms with E-state index >= 15 is 0 Å². The third-order valence-electron chi connectivity index (χ3n) is 0.988. The monoisotopic (exact) mass is 130 g/mol. The van der Waals surface area contributed by atoms with Gasteiger partial charge in [0.1, 0.15) is 6.61 Å². The number of ether oxygens (including phenoxy) is 2. The predicted molar refractivity (Wildman–Crippen MR) is 37.3 cm³/mol. The lowest BCUT2D eigenvalue weighted by atomic mass is 10.4. The summed E-state index contributed by atoms with van der Waals surface area (Å²) in [7, 11) is 1.65. The first-order chi connectivity index (χ1) is 4.31. The second kappa shape index (κ2) is 5.63. The van der Waals surface area contributed by atoms with Gasteiger partial charge in [-0.2, -0.15) is 0 Å². The summed E-state index contributed by atoms with van der Waals surface area (Å²) in [6.45, 7) is 6.93. The molecule has 0 aliphatic rings. The van der Waals surface area contributed by atoms with Crippen molar-refractivity contribution < 1.29 is 9.47 Å². The second-order valence-corrected chi connectivity index (χ2v) is 1.73. The highest BCUT2D eigenvalue weighted by atomic mass is 16.5. The molecule has 0 fully saturated rings.